The van der Waals surface area contributed by atoms with E-state index in [1.165, 1.54) is 19.3 Å². The van der Waals surface area contributed by atoms with Crippen LogP contribution in [0.15, 0.2) is 0 Å². The second kappa shape index (κ2) is 2.97. The van der Waals surface area contributed by atoms with E-state index in [0.717, 1.165) is 37.0 Å². The summed E-state index contributed by atoms with van der Waals surface area (Å²) in [7, 11) is 0. The van der Waals surface area contributed by atoms with Gasteiger partial charge in [-0.15, -0.1) is 0 Å². The van der Waals surface area contributed by atoms with Crippen molar-refractivity contribution in [1.29, 1.82) is 0 Å². The van der Waals surface area contributed by atoms with Gasteiger partial charge in [0.25, 0.3) is 0 Å². The summed E-state index contributed by atoms with van der Waals surface area (Å²) in [6.45, 7) is 0. The highest BCUT2D eigenvalue weighted by atomic mass is 16.4. The Morgan fingerprint density at radius 1 is 1.13 bits per heavy atom. The molecule has 15 heavy (non-hydrogen) atoms. The van der Waals surface area contributed by atoms with E-state index >= 15 is 0 Å². The Morgan fingerprint density at radius 2 is 1.53 bits per heavy atom. The van der Waals surface area contributed by atoms with E-state index in [2.05, 4.69) is 5.73 Å². The minimum atomic E-state index is -0.933. The highest BCUT2D eigenvalue weighted by Gasteiger charge is 2.55. The van der Waals surface area contributed by atoms with Gasteiger partial charge in [-0.1, -0.05) is 0 Å². The molecule has 0 aromatic heterocycles. The van der Waals surface area contributed by atoms with Crippen molar-refractivity contribution < 1.29 is 15.6 Å². The molecule has 0 aromatic rings. The Morgan fingerprint density at radius 3 is 1.87 bits per heavy atom. The van der Waals surface area contributed by atoms with Gasteiger partial charge in [-0.2, -0.15) is 0 Å². The minimum Gasteiger partial charge on any atom is -0.544 e. The second-order valence-electron chi connectivity index (χ2n) is 6.15. The molecule has 84 valence electrons. The first-order chi connectivity index (χ1) is 7.09. The van der Waals surface area contributed by atoms with Crippen LogP contribution in [0.5, 0.6) is 0 Å². The van der Waals surface area contributed by atoms with Crippen molar-refractivity contribution in [3.8, 4) is 0 Å². The largest absolute Gasteiger partial charge is 0.544 e. The van der Waals surface area contributed by atoms with Crippen molar-refractivity contribution in [2.45, 2.75) is 44.6 Å². The van der Waals surface area contributed by atoms with Crippen molar-refractivity contribution in [1.82, 2.24) is 0 Å². The van der Waals surface area contributed by atoms with Crippen molar-refractivity contribution in [2.75, 3.05) is 0 Å². The number of hydrogen-bond donors (Lipinski definition) is 1. The maximum absolute atomic E-state index is 11.0. The van der Waals surface area contributed by atoms with Crippen molar-refractivity contribution >= 4 is 5.97 Å². The fourth-order valence-corrected chi connectivity index (χ4v) is 4.85. The standard InChI is InChI=1S/C12H19NO2/c13-10(11(14)15)12-4-7-1-8(5-12)3-9(2-7)6-12/h7-10H,1-6,13H2,(H,14,15). The average molecular weight is 209 g/mol. The summed E-state index contributed by atoms with van der Waals surface area (Å²) in [6.07, 6.45) is 7.33. The third-order valence-corrected chi connectivity index (χ3v) is 5.11. The van der Waals surface area contributed by atoms with Crippen LogP contribution in [0.25, 0.3) is 0 Å². The van der Waals surface area contributed by atoms with Crippen LogP contribution >= 0.6 is 0 Å². The molecule has 3 nitrogen and oxygen atoms in total. The average Bonchev–Trinajstić information content (AvgIpc) is 2.14. The molecule has 0 heterocycles. The summed E-state index contributed by atoms with van der Waals surface area (Å²) >= 11 is 0. The van der Waals surface area contributed by atoms with Gasteiger partial charge < -0.3 is 15.6 Å². The Labute approximate surface area is 90.0 Å². The highest BCUT2D eigenvalue weighted by molar-refractivity contribution is 5.70. The molecule has 3 heteroatoms. The van der Waals surface area contributed by atoms with Crippen LogP contribution in [0, 0.1) is 23.2 Å². The first-order valence-electron chi connectivity index (χ1n) is 6.13. The summed E-state index contributed by atoms with van der Waals surface area (Å²) in [6, 6.07) is -0.481. The SMILES string of the molecule is [NH3+]C(C(=O)[O-])C12CC3CC(CC(C3)C1)C2. The molecule has 4 rings (SSSR count). The van der Waals surface area contributed by atoms with Gasteiger partial charge >= 0.3 is 0 Å². The lowest BCUT2D eigenvalue weighted by Crippen LogP contribution is -2.77. The molecule has 4 aliphatic carbocycles. The number of aliphatic carboxylic acids is 1. The number of quaternary nitrogens is 1. The molecule has 1 atom stereocenters. The smallest absolute Gasteiger partial charge is 0.130 e. The Hall–Kier alpha value is -0.570. The van der Waals surface area contributed by atoms with Crippen LogP contribution < -0.4 is 10.8 Å². The summed E-state index contributed by atoms with van der Waals surface area (Å²) in [5.41, 5.74) is 3.87. The predicted octanol–water partition coefficient (Wildman–Crippen LogP) is -0.437. The quantitative estimate of drug-likeness (QED) is 0.670. The van der Waals surface area contributed by atoms with E-state index in [1.54, 1.807) is 0 Å². The Balaban J connectivity index is 1.89. The van der Waals surface area contributed by atoms with E-state index < -0.39 is 12.0 Å². The van der Waals surface area contributed by atoms with Crippen LogP contribution in [-0.2, 0) is 4.79 Å². The lowest BCUT2D eigenvalue weighted by molar-refractivity contribution is -0.468. The van der Waals surface area contributed by atoms with Crippen molar-refractivity contribution in [2.24, 2.45) is 23.2 Å². The van der Waals surface area contributed by atoms with Gasteiger partial charge in [0.15, 0.2) is 0 Å². The number of hydrogen-bond acceptors (Lipinski definition) is 2. The highest BCUT2D eigenvalue weighted by Crippen LogP contribution is 2.60. The van der Waals surface area contributed by atoms with E-state index in [9.17, 15) is 9.90 Å². The van der Waals surface area contributed by atoms with E-state index in [-0.39, 0.29) is 5.41 Å². The maximum atomic E-state index is 11.0. The molecule has 0 spiro atoms. The van der Waals surface area contributed by atoms with E-state index in [0.29, 0.717) is 0 Å². The summed E-state index contributed by atoms with van der Waals surface area (Å²) < 4.78 is 0. The number of rotatable bonds is 2. The molecule has 4 fully saturated rings. The number of carboxylic acid groups (broad SMARTS) is 1. The zero-order chi connectivity index (χ0) is 10.6. The molecule has 1 unspecified atom stereocenters. The summed E-state index contributed by atoms with van der Waals surface area (Å²) in [5.74, 6) is 1.44. The maximum Gasteiger partial charge on any atom is 0.130 e. The van der Waals surface area contributed by atoms with Gasteiger partial charge in [0.2, 0.25) is 0 Å². The van der Waals surface area contributed by atoms with Crippen LogP contribution in [0.2, 0.25) is 0 Å². The molecule has 0 amide bonds. The zero-order valence-electron chi connectivity index (χ0n) is 9.08. The number of carboxylic acids is 1. The minimum absolute atomic E-state index is 0.00752. The topological polar surface area (TPSA) is 67.8 Å². The molecule has 4 saturated carbocycles. The molecule has 4 bridgehead atoms. The summed E-state index contributed by atoms with van der Waals surface area (Å²) in [4.78, 5) is 11.0. The van der Waals surface area contributed by atoms with Gasteiger partial charge in [0, 0.05) is 5.41 Å². The van der Waals surface area contributed by atoms with Gasteiger partial charge in [-0.25, -0.2) is 0 Å². The van der Waals surface area contributed by atoms with Gasteiger partial charge in [-0.3, -0.25) is 0 Å². The van der Waals surface area contributed by atoms with Gasteiger partial charge in [0.05, 0.1) is 5.97 Å². The van der Waals surface area contributed by atoms with Crippen molar-refractivity contribution in [3.63, 3.8) is 0 Å². The molecule has 0 radical (unpaired) electrons. The van der Waals surface area contributed by atoms with Crippen LogP contribution in [0.1, 0.15) is 38.5 Å². The third kappa shape index (κ3) is 1.32. The normalized spacial score (nSPS) is 49.3. The third-order valence-electron chi connectivity index (χ3n) is 5.11. The predicted molar refractivity (Wildman–Crippen MR) is 52.3 cm³/mol. The molecule has 0 aromatic carbocycles. The fraction of sp³-hybridized carbons (Fsp3) is 0.917. The molecule has 3 N–H and O–H groups in total. The van der Waals surface area contributed by atoms with Crippen LogP contribution in [0.4, 0.5) is 0 Å². The molecule has 4 aliphatic rings. The lowest BCUT2D eigenvalue weighted by atomic mass is 9.48. The van der Waals surface area contributed by atoms with Gasteiger partial charge in [-0.05, 0) is 56.3 Å². The molecule has 0 saturated heterocycles. The van der Waals surface area contributed by atoms with Crippen LogP contribution in [-0.4, -0.2) is 12.0 Å². The van der Waals surface area contributed by atoms with E-state index in [1.807, 2.05) is 0 Å². The molecular formula is C12H19NO2. The van der Waals surface area contributed by atoms with Gasteiger partial charge in [0.1, 0.15) is 6.04 Å². The van der Waals surface area contributed by atoms with Crippen molar-refractivity contribution in [3.05, 3.63) is 0 Å². The Bertz CT molecular complexity index is 265. The number of carbonyl (C=O) groups is 1. The van der Waals surface area contributed by atoms with E-state index in [4.69, 9.17) is 0 Å². The summed E-state index contributed by atoms with van der Waals surface area (Å²) in [5, 5.41) is 11.0. The lowest BCUT2D eigenvalue weighted by Gasteiger charge is -2.57. The fourth-order valence-electron chi connectivity index (χ4n) is 4.85. The monoisotopic (exact) mass is 209 g/mol. The Kier molecular flexibility index (Phi) is 1.91. The molecule has 0 aliphatic heterocycles. The first-order valence-corrected chi connectivity index (χ1v) is 6.13. The number of carbonyl (C=O) groups excluding carboxylic acids is 1. The second-order valence-corrected chi connectivity index (χ2v) is 6.15. The zero-order valence-corrected chi connectivity index (χ0v) is 9.08. The first kappa shape index (κ1) is 9.64. The van der Waals surface area contributed by atoms with Crippen LogP contribution in [0.3, 0.4) is 0 Å². The molecular weight excluding hydrogens is 190 g/mol.